The van der Waals surface area contributed by atoms with Crippen molar-refractivity contribution >= 4 is 11.6 Å². The predicted octanol–water partition coefficient (Wildman–Crippen LogP) is 4.85. The van der Waals surface area contributed by atoms with Gasteiger partial charge in [0.1, 0.15) is 5.82 Å². The molecule has 5 heteroatoms. The van der Waals surface area contributed by atoms with Gasteiger partial charge in [0, 0.05) is 5.02 Å². The Morgan fingerprint density at radius 2 is 1.67 bits per heavy atom. The second-order valence-electron chi connectivity index (χ2n) is 4.73. The number of hydrogen-bond donors (Lipinski definition) is 1. The van der Waals surface area contributed by atoms with Gasteiger partial charge in [-0.2, -0.15) is 0 Å². The highest BCUT2D eigenvalue weighted by Gasteiger charge is 2.19. The van der Waals surface area contributed by atoms with Gasteiger partial charge in [-0.25, -0.2) is 13.2 Å². The van der Waals surface area contributed by atoms with Crippen molar-refractivity contribution in [2.45, 2.75) is 19.4 Å². The SMILES string of the molecule is CCCNC(c1ccc(F)cc1)c1cc(F)c(F)cc1Cl. The van der Waals surface area contributed by atoms with Crippen LogP contribution in [0.3, 0.4) is 0 Å². The van der Waals surface area contributed by atoms with Gasteiger partial charge in [-0.1, -0.05) is 30.7 Å². The fraction of sp³-hybridized carbons (Fsp3) is 0.250. The number of benzene rings is 2. The first kappa shape index (κ1) is 15.9. The van der Waals surface area contributed by atoms with E-state index in [1.165, 1.54) is 12.1 Å². The smallest absolute Gasteiger partial charge is 0.160 e. The van der Waals surface area contributed by atoms with Gasteiger partial charge in [0.05, 0.1) is 6.04 Å². The molecule has 0 saturated heterocycles. The Hall–Kier alpha value is -1.52. The number of nitrogens with one attached hydrogen (secondary N) is 1. The number of hydrogen-bond acceptors (Lipinski definition) is 1. The first-order valence-electron chi connectivity index (χ1n) is 6.66. The van der Waals surface area contributed by atoms with Crippen LogP contribution >= 0.6 is 11.6 Å². The summed E-state index contributed by atoms with van der Waals surface area (Å²) in [6.07, 6.45) is 0.860. The molecule has 1 atom stereocenters. The van der Waals surface area contributed by atoms with Crippen LogP contribution in [-0.2, 0) is 0 Å². The second kappa shape index (κ2) is 6.96. The van der Waals surface area contributed by atoms with Gasteiger partial charge in [-0.3, -0.25) is 0 Å². The minimum atomic E-state index is -0.989. The Morgan fingerprint density at radius 3 is 2.29 bits per heavy atom. The van der Waals surface area contributed by atoms with Gasteiger partial charge in [0.25, 0.3) is 0 Å². The van der Waals surface area contributed by atoms with Crippen LogP contribution in [0.1, 0.15) is 30.5 Å². The highest BCUT2D eigenvalue weighted by Crippen LogP contribution is 2.30. The lowest BCUT2D eigenvalue weighted by Gasteiger charge is -2.21. The summed E-state index contributed by atoms with van der Waals surface area (Å²) >= 11 is 6.04. The first-order chi connectivity index (χ1) is 10.0. The third-order valence-electron chi connectivity index (χ3n) is 3.15. The Labute approximate surface area is 126 Å². The van der Waals surface area contributed by atoms with E-state index in [-0.39, 0.29) is 10.8 Å². The summed E-state index contributed by atoms with van der Waals surface area (Å²) in [5.74, 6) is -2.30. The molecule has 1 nitrogen and oxygen atoms in total. The van der Waals surface area contributed by atoms with Crippen LogP contribution in [0.25, 0.3) is 0 Å². The molecule has 0 aliphatic heterocycles. The monoisotopic (exact) mass is 313 g/mol. The fourth-order valence-corrected chi connectivity index (χ4v) is 2.37. The largest absolute Gasteiger partial charge is 0.306 e. The molecule has 21 heavy (non-hydrogen) atoms. The van der Waals surface area contributed by atoms with E-state index in [2.05, 4.69) is 5.32 Å². The van der Waals surface area contributed by atoms with Crippen LogP contribution in [0.4, 0.5) is 13.2 Å². The van der Waals surface area contributed by atoms with E-state index >= 15 is 0 Å². The lowest BCUT2D eigenvalue weighted by Crippen LogP contribution is -2.23. The van der Waals surface area contributed by atoms with E-state index in [9.17, 15) is 13.2 Å². The molecule has 2 aromatic rings. The molecule has 1 unspecified atom stereocenters. The minimum absolute atomic E-state index is 0.131. The first-order valence-corrected chi connectivity index (χ1v) is 7.04. The van der Waals surface area contributed by atoms with Crippen molar-refractivity contribution in [2.24, 2.45) is 0 Å². The van der Waals surface area contributed by atoms with Crippen LogP contribution in [0.2, 0.25) is 5.02 Å². The maximum absolute atomic E-state index is 13.5. The standard InChI is InChI=1S/C16H15ClF3N/c1-2-7-21-16(10-3-5-11(18)6-4-10)12-8-14(19)15(20)9-13(12)17/h3-6,8-9,16,21H,2,7H2,1H3. The van der Waals surface area contributed by atoms with Gasteiger partial charge in [0.15, 0.2) is 11.6 Å². The van der Waals surface area contributed by atoms with E-state index in [4.69, 9.17) is 11.6 Å². The molecule has 112 valence electrons. The van der Waals surface area contributed by atoms with Crippen LogP contribution in [0, 0.1) is 17.5 Å². The summed E-state index contributed by atoms with van der Waals surface area (Å²) in [6.45, 7) is 2.65. The average molecular weight is 314 g/mol. The summed E-state index contributed by atoms with van der Waals surface area (Å²) in [7, 11) is 0. The Balaban J connectivity index is 2.45. The highest BCUT2D eigenvalue weighted by molar-refractivity contribution is 6.31. The topological polar surface area (TPSA) is 12.0 Å². The van der Waals surface area contributed by atoms with Gasteiger partial charge in [0.2, 0.25) is 0 Å². The molecule has 2 rings (SSSR count). The molecule has 0 heterocycles. The van der Waals surface area contributed by atoms with Crippen molar-refractivity contribution in [2.75, 3.05) is 6.54 Å². The average Bonchev–Trinajstić information content (AvgIpc) is 2.46. The van der Waals surface area contributed by atoms with Gasteiger partial charge in [-0.05, 0) is 48.4 Å². The van der Waals surface area contributed by atoms with Crippen molar-refractivity contribution in [1.82, 2.24) is 5.32 Å². The van der Waals surface area contributed by atoms with E-state index < -0.39 is 17.7 Å². The summed E-state index contributed by atoms with van der Waals surface area (Å²) < 4.78 is 39.7. The molecule has 0 spiro atoms. The molecular weight excluding hydrogens is 299 g/mol. The lowest BCUT2D eigenvalue weighted by atomic mass is 9.98. The van der Waals surface area contributed by atoms with Crippen molar-refractivity contribution in [3.63, 3.8) is 0 Å². The van der Waals surface area contributed by atoms with Gasteiger partial charge < -0.3 is 5.32 Å². The molecule has 2 aromatic carbocycles. The summed E-state index contributed by atoms with van der Waals surface area (Å²) in [4.78, 5) is 0. The molecular formula is C16H15ClF3N. The number of halogens is 4. The zero-order chi connectivity index (χ0) is 15.4. The van der Waals surface area contributed by atoms with Crippen LogP contribution in [0.5, 0.6) is 0 Å². The second-order valence-corrected chi connectivity index (χ2v) is 5.13. The van der Waals surface area contributed by atoms with Crippen molar-refractivity contribution < 1.29 is 13.2 Å². The highest BCUT2D eigenvalue weighted by atomic mass is 35.5. The maximum atomic E-state index is 13.5. The number of rotatable bonds is 5. The molecule has 0 bridgehead atoms. The van der Waals surface area contributed by atoms with Crippen LogP contribution in [-0.4, -0.2) is 6.54 Å². The van der Waals surface area contributed by atoms with Crippen LogP contribution < -0.4 is 5.32 Å². The third kappa shape index (κ3) is 3.77. The summed E-state index contributed by atoms with van der Waals surface area (Å²) in [5, 5.41) is 3.34. The van der Waals surface area contributed by atoms with E-state index in [1.54, 1.807) is 12.1 Å². The predicted molar refractivity (Wildman–Crippen MR) is 77.9 cm³/mol. The fourth-order valence-electron chi connectivity index (χ4n) is 2.11. The lowest BCUT2D eigenvalue weighted by molar-refractivity contribution is 0.503. The quantitative estimate of drug-likeness (QED) is 0.778. The van der Waals surface area contributed by atoms with Crippen LogP contribution in [0.15, 0.2) is 36.4 Å². The molecule has 0 fully saturated rings. The van der Waals surface area contributed by atoms with Crippen molar-refractivity contribution in [3.8, 4) is 0 Å². The van der Waals surface area contributed by atoms with Gasteiger partial charge >= 0.3 is 0 Å². The third-order valence-corrected chi connectivity index (χ3v) is 3.48. The Morgan fingerprint density at radius 1 is 1.05 bits per heavy atom. The normalized spacial score (nSPS) is 12.4. The summed E-state index contributed by atoms with van der Waals surface area (Å²) in [5.41, 5.74) is 1.16. The molecule has 0 amide bonds. The zero-order valence-electron chi connectivity index (χ0n) is 11.5. The van der Waals surface area contributed by atoms with E-state index in [1.807, 2.05) is 6.92 Å². The van der Waals surface area contributed by atoms with E-state index in [0.717, 1.165) is 24.1 Å². The Bertz CT molecular complexity index is 614. The Kier molecular flexibility index (Phi) is 5.26. The molecule has 0 radical (unpaired) electrons. The molecule has 0 aliphatic carbocycles. The van der Waals surface area contributed by atoms with Crippen molar-refractivity contribution in [1.29, 1.82) is 0 Å². The van der Waals surface area contributed by atoms with E-state index in [0.29, 0.717) is 12.1 Å². The zero-order valence-corrected chi connectivity index (χ0v) is 12.2. The maximum Gasteiger partial charge on any atom is 0.160 e. The summed E-state index contributed by atoms with van der Waals surface area (Å²) in [6, 6.07) is 7.45. The van der Waals surface area contributed by atoms with Crippen molar-refractivity contribution in [3.05, 3.63) is 70.0 Å². The molecule has 0 saturated carbocycles. The van der Waals surface area contributed by atoms with Gasteiger partial charge in [-0.15, -0.1) is 0 Å². The minimum Gasteiger partial charge on any atom is -0.306 e. The molecule has 0 aliphatic rings. The molecule has 1 N–H and O–H groups in total. The molecule has 0 aromatic heterocycles.